The predicted octanol–water partition coefficient (Wildman–Crippen LogP) is 0.185. The van der Waals surface area contributed by atoms with Gasteiger partial charge in [-0.15, -0.1) is 0 Å². The van der Waals surface area contributed by atoms with E-state index in [1.54, 1.807) is 6.92 Å². The van der Waals surface area contributed by atoms with Crippen molar-refractivity contribution in [1.29, 1.82) is 0 Å². The van der Waals surface area contributed by atoms with E-state index in [2.05, 4.69) is 5.10 Å². The highest BCUT2D eigenvalue weighted by atomic mass is 16.4. The minimum atomic E-state index is -1.17. The molecule has 0 saturated carbocycles. The number of carbonyl (C=O) groups is 1. The maximum atomic E-state index is 11.4. The molecule has 0 aromatic carbocycles. The second-order valence-electron chi connectivity index (χ2n) is 3.76. The summed E-state index contributed by atoms with van der Waals surface area (Å²) in [4.78, 5) is 33.3. The molecule has 0 unspecified atom stereocenters. The van der Waals surface area contributed by atoms with E-state index in [9.17, 15) is 14.4 Å². The Labute approximate surface area is 100 Å². The number of furan rings is 1. The van der Waals surface area contributed by atoms with E-state index < -0.39 is 17.1 Å². The number of aromatic nitrogens is 2. The van der Waals surface area contributed by atoms with E-state index in [4.69, 9.17) is 9.52 Å². The van der Waals surface area contributed by atoms with Gasteiger partial charge in [-0.25, -0.2) is 9.48 Å². The van der Waals surface area contributed by atoms with Gasteiger partial charge in [0, 0.05) is 17.7 Å². The van der Waals surface area contributed by atoms with Crippen LogP contribution in [0.4, 0.5) is 0 Å². The molecule has 7 nitrogen and oxygen atoms in total. The molecule has 2 N–H and O–H groups in total. The van der Waals surface area contributed by atoms with Gasteiger partial charge in [-0.05, 0) is 13.0 Å². The van der Waals surface area contributed by atoms with Crippen LogP contribution >= 0.6 is 0 Å². The smallest absolute Gasteiger partial charge is 0.372 e. The highest BCUT2D eigenvalue weighted by Crippen LogP contribution is 2.14. The van der Waals surface area contributed by atoms with Crippen molar-refractivity contribution in [2.45, 2.75) is 13.5 Å². The molecule has 0 spiro atoms. The first-order valence-corrected chi connectivity index (χ1v) is 5.10. The van der Waals surface area contributed by atoms with Crippen LogP contribution in [0.2, 0.25) is 0 Å². The standard InChI is InChI=1S/C11H10N2O5/c1-6-4-7(18-10(6)11(16)17)5-13-9(15)3-2-8(14)12-13/h2-4H,5H2,1H3,(H,12,14)(H,16,17). The second kappa shape index (κ2) is 4.36. The van der Waals surface area contributed by atoms with Crippen LogP contribution in [0.15, 0.2) is 32.2 Å². The van der Waals surface area contributed by atoms with Gasteiger partial charge in [0.05, 0.1) is 0 Å². The third-order valence-electron chi connectivity index (χ3n) is 2.37. The summed E-state index contributed by atoms with van der Waals surface area (Å²) in [6, 6.07) is 3.77. The topological polar surface area (TPSA) is 105 Å². The number of H-pyrrole nitrogens is 1. The van der Waals surface area contributed by atoms with Crippen LogP contribution in [-0.4, -0.2) is 20.9 Å². The average molecular weight is 250 g/mol. The zero-order valence-corrected chi connectivity index (χ0v) is 9.47. The molecule has 2 aromatic rings. The van der Waals surface area contributed by atoms with Crippen LogP contribution in [0, 0.1) is 6.92 Å². The largest absolute Gasteiger partial charge is 0.475 e. The number of carboxylic acids is 1. The summed E-state index contributed by atoms with van der Waals surface area (Å²) in [7, 11) is 0. The zero-order valence-electron chi connectivity index (χ0n) is 9.47. The molecule has 2 heterocycles. The summed E-state index contributed by atoms with van der Waals surface area (Å²) >= 11 is 0. The lowest BCUT2D eigenvalue weighted by molar-refractivity contribution is 0.0659. The Hall–Kier alpha value is -2.57. The molecule has 2 aromatic heterocycles. The normalized spacial score (nSPS) is 10.5. The van der Waals surface area contributed by atoms with Crippen molar-refractivity contribution in [3.8, 4) is 0 Å². The van der Waals surface area contributed by atoms with E-state index in [1.807, 2.05) is 0 Å². The van der Waals surface area contributed by atoms with Gasteiger partial charge >= 0.3 is 5.97 Å². The number of nitrogens with zero attached hydrogens (tertiary/aromatic N) is 1. The monoisotopic (exact) mass is 250 g/mol. The molecule has 7 heteroatoms. The fraction of sp³-hybridized carbons (Fsp3) is 0.182. The van der Waals surface area contributed by atoms with Gasteiger partial charge in [-0.1, -0.05) is 0 Å². The predicted molar refractivity (Wildman–Crippen MR) is 60.8 cm³/mol. The maximum Gasteiger partial charge on any atom is 0.372 e. The molecule has 0 aliphatic rings. The van der Waals surface area contributed by atoms with E-state index in [-0.39, 0.29) is 18.1 Å². The van der Waals surface area contributed by atoms with Gasteiger partial charge in [0.1, 0.15) is 12.3 Å². The van der Waals surface area contributed by atoms with Crippen LogP contribution in [0.25, 0.3) is 0 Å². The van der Waals surface area contributed by atoms with Crippen molar-refractivity contribution in [3.63, 3.8) is 0 Å². The maximum absolute atomic E-state index is 11.4. The lowest BCUT2D eigenvalue weighted by Gasteiger charge is -2.01. The zero-order chi connectivity index (χ0) is 13.3. The number of rotatable bonds is 3. The summed E-state index contributed by atoms with van der Waals surface area (Å²) < 4.78 is 6.14. The Balaban J connectivity index is 2.37. The summed E-state index contributed by atoms with van der Waals surface area (Å²) in [6.07, 6.45) is 0. The average Bonchev–Trinajstić information content (AvgIpc) is 2.65. The number of aromatic amines is 1. The summed E-state index contributed by atoms with van der Waals surface area (Å²) in [6.45, 7) is 1.57. The number of hydrogen-bond acceptors (Lipinski definition) is 4. The summed E-state index contributed by atoms with van der Waals surface area (Å²) in [5, 5.41) is 11.1. The first-order valence-electron chi connectivity index (χ1n) is 5.10. The van der Waals surface area contributed by atoms with Crippen molar-refractivity contribution in [1.82, 2.24) is 9.78 Å². The number of carboxylic acid groups (broad SMARTS) is 1. The molecule has 0 fully saturated rings. The van der Waals surface area contributed by atoms with Crippen LogP contribution in [0.1, 0.15) is 21.9 Å². The Morgan fingerprint density at radius 2 is 2.17 bits per heavy atom. The Bertz CT molecular complexity index is 707. The van der Waals surface area contributed by atoms with E-state index in [0.29, 0.717) is 5.56 Å². The van der Waals surface area contributed by atoms with Crippen molar-refractivity contribution in [2.75, 3.05) is 0 Å². The molecule has 0 radical (unpaired) electrons. The van der Waals surface area contributed by atoms with Gasteiger partial charge in [0.2, 0.25) is 5.76 Å². The molecule has 0 atom stereocenters. The van der Waals surface area contributed by atoms with E-state index in [1.165, 1.54) is 6.07 Å². The van der Waals surface area contributed by atoms with Gasteiger partial charge in [0.25, 0.3) is 11.1 Å². The highest BCUT2D eigenvalue weighted by Gasteiger charge is 2.14. The van der Waals surface area contributed by atoms with Gasteiger partial charge < -0.3 is 9.52 Å². The first-order chi connectivity index (χ1) is 8.47. The quantitative estimate of drug-likeness (QED) is 0.808. The number of aromatic carboxylic acids is 1. The Morgan fingerprint density at radius 1 is 1.44 bits per heavy atom. The molecule has 0 aliphatic carbocycles. The first kappa shape index (κ1) is 11.9. The third kappa shape index (κ3) is 2.24. The SMILES string of the molecule is Cc1cc(Cn2[nH]c(=O)ccc2=O)oc1C(=O)O. The van der Waals surface area contributed by atoms with Crippen molar-refractivity contribution in [2.24, 2.45) is 0 Å². The minimum absolute atomic E-state index is 0.0248. The van der Waals surface area contributed by atoms with Gasteiger partial charge in [-0.2, -0.15) is 0 Å². The van der Waals surface area contributed by atoms with Crippen molar-refractivity contribution in [3.05, 3.63) is 56.0 Å². The number of nitrogens with one attached hydrogen (secondary N) is 1. The Kier molecular flexibility index (Phi) is 2.88. The van der Waals surface area contributed by atoms with Crippen molar-refractivity contribution < 1.29 is 14.3 Å². The van der Waals surface area contributed by atoms with Crippen LogP contribution < -0.4 is 11.1 Å². The Morgan fingerprint density at radius 3 is 2.78 bits per heavy atom. The van der Waals surface area contributed by atoms with Crippen molar-refractivity contribution >= 4 is 5.97 Å². The number of hydrogen-bond donors (Lipinski definition) is 2. The van der Waals surface area contributed by atoms with E-state index in [0.717, 1.165) is 16.8 Å². The molecular formula is C11H10N2O5. The van der Waals surface area contributed by atoms with Gasteiger partial charge in [-0.3, -0.25) is 14.7 Å². The summed E-state index contributed by atoms with van der Waals surface area (Å²) in [5.41, 5.74) is -0.360. The molecular weight excluding hydrogens is 240 g/mol. The molecule has 18 heavy (non-hydrogen) atoms. The molecule has 0 bridgehead atoms. The molecule has 0 amide bonds. The molecule has 2 rings (SSSR count). The fourth-order valence-corrected chi connectivity index (χ4v) is 1.57. The number of aryl methyl sites for hydroxylation is 1. The third-order valence-corrected chi connectivity index (χ3v) is 2.37. The van der Waals surface area contributed by atoms with E-state index >= 15 is 0 Å². The molecule has 94 valence electrons. The molecule has 0 saturated heterocycles. The van der Waals surface area contributed by atoms with Crippen LogP contribution in [-0.2, 0) is 6.54 Å². The van der Waals surface area contributed by atoms with Crippen LogP contribution in [0.3, 0.4) is 0 Å². The summed E-state index contributed by atoms with van der Waals surface area (Å²) in [5.74, 6) is -1.06. The minimum Gasteiger partial charge on any atom is -0.475 e. The second-order valence-corrected chi connectivity index (χ2v) is 3.76. The fourth-order valence-electron chi connectivity index (χ4n) is 1.57. The van der Waals surface area contributed by atoms with Crippen LogP contribution in [0.5, 0.6) is 0 Å². The lowest BCUT2D eigenvalue weighted by Crippen LogP contribution is -2.28. The van der Waals surface area contributed by atoms with Gasteiger partial charge in [0.15, 0.2) is 0 Å². The lowest BCUT2D eigenvalue weighted by atomic mass is 10.2. The highest BCUT2D eigenvalue weighted by molar-refractivity contribution is 5.86. The molecule has 0 aliphatic heterocycles.